The van der Waals surface area contributed by atoms with E-state index in [1.165, 1.54) is 5.56 Å². The van der Waals surface area contributed by atoms with E-state index in [0.29, 0.717) is 0 Å². The van der Waals surface area contributed by atoms with Gasteiger partial charge in [0.1, 0.15) is 0 Å². The molecule has 0 radical (unpaired) electrons. The van der Waals surface area contributed by atoms with Crippen molar-refractivity contribution < 1.29 is 0 Å². The highest BCUT2D eigenvalue weighted by Gasteiger charge is 2.14. The quantitative estimate of drug-likeness (QED) is 0.919. The van der Waals surface area contributed by atoms with E-state index in [2.05, 4.69) is 52.5 Å². The fraction of sp³-hybridized carbons (Fsp3) is 0.412. The summed E-state index contributed by atoms with van der Waals surface area (Å²) in [5.74, 6) is 0.856. The third-order valence-electron chi connectivity index (χ3n) is 3.81. The zero-order valence-corrected chi connectivity index (χ0v) is 12.8. The van der Waals surface area contributed by atoms with Crippen LogP contribution in [0.5, 0.6) is 0 Å². The number of hydrogen-bond acceptors (Lipinski definition) is 4. The molecule has 0 bridgehead atoms. The minimum absolute atomic E-state index is 0.856. The first kappa shape index (κ1) is 14.0. The SMILES string of the molecule is Cc1ccc(-c2cc(C)nc(N3CCCNCC3)n2)cc1. The molecule has 4 nitrogen and oxygen atoms in total. The zero-order valence-electron chi connectivity index (χ0n) is 12.8. The van der Waals surface area contributed by atoms with Crippen LogP contribution in [0.3, 0.4) is 0 Å². The van der Waals surface area contributed by atoms with Crippen molar-refractivity contribution in [1.29, 1.82) is 0 Å². The molecule has 2 heterocycles. The summed E-state index contributed by atoms with van der Waals surface area (Å²) < 4.78 is 0. The van der Waals surface area contributed by atoms with E-state index in [0.717, 1.165) is 55.5 Å². The van der Waals surface area contributed by atoms with E-state index in [4.69, 9.17) is 4.98 Å². The van der Waals surface area contributed by atoms with Crippen molar-refractivity contribution in [2.45, 2.75) is 20.3 Å². The van der Waals surface area contributed by atoms with Gasteiger partial charge in [-0.15, -0.1) is 0 Å². The fourth-order valence-electron chi connectivity index (χ4n) is 2.61. The number of rotatable bonds is 2. The molecular weight excluding hydrogens is 260 g/mol. The van der Waals surface area contributed by atoms with Gasteiger partial charge in [-0.2, -0.15) is 0 Å². The van der Waals surface area contributed by atoms with Gasteiger partial charge in [-0.05, 0) is 32.9 Å². The number of aryl methyl sites for hydroxylation is 2. The van der Waals surface area contributed by atoms with Crippen LogP contribution in [0, 0.1) is 13.8 Å². The first-order chi connectivity index (χ1) is 10.2. The van der Waals surface area contributed by atoms with Crippen LogP contribution >= 0.6 is 0 Å². The molecule has 1 fully saturated rings. The summed E-state index contributed by atoms with van der Waals surface area (Å²) in [6.45, 7) is 8.20. The van der Waals surface area contributed by atoms with Crippen molar-refractivity contribution in [2.75, 3.05) is 31.1 Å². The van der Waals surface area contributed by atoms with E-state index in [1.54, 1.807) is 0 Å². The monoisotopic (exact) mass is 282 g/mol. The van der Waals surface area contributed by atoms with Crippen LogP contribution in [0.4, 0.5) is 5.95 Å². The molecule has 0 unspecified atom stereocenters. The summed E-state index contributed by atoms with van der Waals surface area (Å²) in [4.78, 5) is 11.7. The maximum absolute atomic E-state index is 4.79. The maximum atomic E-state index is 4.79. The van der Waals surface area contributed by atoms with E-state index >= 15 is 0 Å². The molecule has 1 aromatic carbocycles. The standard InChI is InChI=1S/C17H22N4/c1-13-4-6-15(7-5-13)16-12-14(2)19-17(20-16)21-10-3-8-18-9-11-21/h4-7,12,18H,3,8-11H2,1-2H3. The van der Waals surface area contributed by atoms with Crippen LogP contribution in [0.25, 0.3) is 11.3 Å². The van der Waals surface area contributed by atoms with Crippen LogP contribution in [0.2, 0.25) is 0 Å². The lowest BCUT2D eigenvalue weighted by Gasteiger charge is -2.20. The summed E-state index contributed by atoms with van der Waals surface area (Å²) in [6, 6.07) is 10.6. The minimum Gasteiger partial charge on any atom is -0.339 e. The highest BCUT2D eigenvalue weighted by atomic mass is 15.3. The summed E-state index contributed by atoms with van der Waals surface area (Å²) >= 11 is 0. The Labute approximate surface area is 126 Å². The fourth-order valence-corrected chi connectivity index (χ4v) is 2.61. The lowest BCUT2D eigenvalue weighted by molar-refractivity contribution is 0.724. The summed E-state index contributed by atoms with van der Waals surface area (Å²) in [6.07, 6.45) is 1.14. The summed E-state index contributed by atoms with van der Waals surface area (Å²) in [5, 5.41) is 3.42. The van der Waals surface area contributed by atoms with Crippen molar-refractivity contribution in [1.82, 2.24) is 15.3 Å². The van der Waals surface area contributed by atoms with Gasteiger partial charge in [-0.1, -0.05) is 29.8 Å². The lowest BCUT2D eigenvalue weighted by atomic mass is 10.1. The van der Waals surface area contributed by atoms with Gasteiger partial charge in [0, 0.05) is 30.9 Å². The number of aromatic nitrogens is 2. The van der Waals surface area contributed by atoms with Crippen LogP contribution in [0.15, 0.2) is 30.3 Å². The second-order valence-electron chi connectivity index (χ2n) is 5.65. The maximum Gasteiger partial charge on any atom is 0.226 e. The molecule has 3 rings (SSSR count). The minimum atomic E-state index is 0.856. The van der Waals surface area contributed by atoms with E-state index in [9.17, 15) is 0 Å². The van der Waals surface area contributed by atoms with Crippen molar-refractivity contribution >= 4 is 5.95 Å². The molecule has 0 spiro atoms. The molecule has 110 valence electrons. The Hall–Kier alpha value is -1.94. The Kier molecular flexibility index (Phi) is 4.15. The Morgan fingerprint density at radius 2 is 1.81 bits per heavy atom. The molecule has 0 aliphatic carbocycles. The smallest absolute Gasteiger partial charge is 0.226 e. The van der Waals surface area contributed by atoms with E-state index < -0.39 is 0 Å². The average Bonchev–Trinajstić information content (AvgIpc) is 2.76. The topological polar surface area (TPSA) is 41.1 Å². The molecule has 21 heavy (non-hydrogen) atoms. The molecule has 1 aliphatic rings. The number of anilines is 1. The van der Waals surface area contributed by atoms with E-state index in [-0.39, 0.29) is 0 Å². The van der Waals surface area contributed by atoms with Gasteiger partial charge in [-0.25, -0.2) is 9.97 Å². The third kappa shape index (κ3) is 3.39. The molecule has 4 heteroatoms. The molecule has 2 aromatic rings. The second kappa shape index (κ2) is 6.22. The van der Waals surface area contributed by atoms with Crippen molar-refractivity contribution in [3.05, 3.63) is 41.6 Å². The number of nitrogens with zero attached hydrogens (tertiary/aromatic N) is 3. The normalized spacial score (nSPS) is 15.8. The van der Waals surface area contributed by atoms with E-state index in [1.807, 2.05) is 6.92 Å². The molecule has 0 amide bonds. The second-order valence-corrected chi connectivity index (χ2v) is 5.65. The van der Waals surface area contributed by atoms with Crippen LogP contribution in [0.1, 0.15) is 17.7 Å². The van der Waals surface area contributed by atoms with Gasteiger partial charge in [0.15, 0.2) is 0 Å². The molecule has 1 saturated heterocycles. The first-order valence-electron chi connectivity index (χ1n) is 7.61. The van der Waals surface area contributed by atoms with Crippen LogP contribution in [-0.2, 0) is 0 Å². The Morgan fingerprint density at radius 1 is 1.00 bits per heavy atom. The van der Waals surface area contributed by atoms with Gasteiger partial charge in [-0.3, -0.25) is 0 Å². The average molecular weight is 282 g/mol. The van der Waals surface area contributed by atoms with Gasteiger partial charge < -0.3 is 10.2 Å². The first-order valence-corrected chi connectivity index (χ1v) is 7.61. The largest absolute Gasteiger partial charge is 0.339 e. The lowest BCUT2D eigenvalue weighted by Crippen LogP contribution is -2.29. The summed E-state index contributed by atoms with van der Waals surface area (Å²) in [5.41, 5.74) is 4.45. The molecule has 1 N–H and O–H groups in total. The number of nitrogens with one attached hydrogen (secondary N) is 1. The Morgan fingerprint density at radius 3 is 2.62 bits per heavy atom. The van der Waals surface area contributed by atoms with Gasteiger partial charge in [0.05, 0.1) is 5.69 Å². The predicted molar refractivity (Wildman–Crippen MR) is 86.6 cm³/mol. The molecule has 1 aromatic heterocycles. The molecule has 0 atom stereocenters. The van der Waals surface area contributed by atoms with Gasteiger partial charge in [0.2, 0.25) is 5.95 Å². The predicted octanol–water partition coefficient (Wildman–Crippen LogP) is 2.56. The molecule has 1 aliphatic heterocycles. The van der Waals surface area contributed by atoms with Gasteiger partial charge in [0.25, 0.3) is 0 Å². The van der Waals surface area contributed by atoms with Crippen molar-refractivity contribution in [3.63, 3.8) is 0 Å². The van der Waals surface area contributed by atoms with Crippen LogP contribution < -0.4 is 10.2 Å². The zero-order chi connectivity index (χ0) is 14.7. The van der Waals surface area contributed by atoms with Crippen molar-refractivity contribution in [3.8, 4) is 11.3 Å². The molecule has 0 saturated carbocycles. The van der Waals surface area contributed by atoms with Gasteiger partial charge >= 0.3 is 0 Å². The van der Waals surface area contributed by atoms with Crippen molar-refractivity contribution in [2.24, 2.45) is 0 Å². The number of hydrogen-bond donors (Lipinski definition) is 1. The Balaban J connectivity index is 1.93. The highest BCUT2D eigenvalue weighted by Crippen LogP contribution is 2.21. The summed E-state index contributed by atoms with van der Waals surface area (Å²) in [7, 11) is 0. The Bertz CT molecular complexity index is 599. The van der Waals surface area contributed by atoms with Crippen LogP contribution in [-0.4, -0.2) is 36.1 Å². The molecular formula is C17H22N4. The highest BCUT2D eigenvalue weighted by molar-refractivity contribution is 5.61. The number of benzene rings is 1. The third-order valence-corrected chi connectivity index (χ3v) is 3.81.